The molecular weight excluding hydrogens is 128 g/mol. The molecule has 0 aromatic heterocycles. The van der Waals surface area contributed by atoms with Gasteiger partial charge in [0.2, 0.25) is 0 Å². The van der Waals surface area contributed by atoms with Crippen LogP contribution in [0.4, 0.5) is 0 Å². The molecule has 0 saturated carbocycles. The summed E-state index contributed by atoms with van der Waals surface area (Å²) in [4.78, 5) is 18.6. The Kier molecular flexibility index (Phi) is 18.2. The Morgan fingerprint density at radius 1 is 0.800 bits per heavy atom. The second kappa shape index (κ2) is 15.7. The summed E-state index contributed by atoms with van der Waals surface area (Å²) in [5, 5.41) is 0. The van der Waals surface area contributed by atoms with Gasteiger partial charge in [-0.3, -0.25) is 9.59 Å². The van der Waals surface area contributed by atoms with E-state index >= 15 is 0 Å². The molecule has 2 nitrogen and oxygen atoms in total. The predicted molar refractivity (Wildman–Crippen MR) is 41.8 cm³/mol. The normalized spacial score (nSPS) is 9.00. The minimum absolute atomic E-state index is 0.750. The van der Waals surface area contributed by atoms with Gasteiger partial charge in [-0.05, 0) is 26.0 Å². The second-order valence-electron chi connectivity index (χ2n) is 1.32. The molecule has 0 aliphatic heterocycles. The van der Waals surface area contributed by atoms with Crippen molar-refractivity contribution in [2.24, 2.45) is 0 Å². The lowest BCUT2D eigenvalue weighted by molar-refractivity contribution is -0.104. The van der Waals surface area contributed by atoms with E-state index in [0.29, 0.717) is 0 Å². The van der Waals surface area contributed by atoms with Crippen molar-refractivity contribution in [3.63, 3.8) is 0 Å². The standard InChI is InChI=1S/2C4H6O/c2*1-2-3-4-5/h2*2-4H,1H3/b2*3-2-. The van der Waals surface area contributed by atoms with Crippen LogP contribution in [-0.4, -0.2) is 12.6 Å². The monoisotopic (exact) mass is 140 g/mol. The Morgan fingerprint density at radius 3 is 1.10 bits per heavy atom. The SMILES string of the molecule is C/C=C\C=O.C/C=C\C=O. The average molecular weight is 140 g/mol. The van der Waals surface area contributed by atoms with Crippen molar-refractivity contribution in [2.45, 2.75) is 13.8 Å². The van der Waals surface area contributed by atoms with Crippen LogP contribution in [0.2, 0.25) is 0 Å². The van der Waals surface area contributed by atoms with Crippen LogP contribution < -0.4 is 0 Å². The molecule has 0 saturated heterocycles. The fraction of sp³-hybridized carbons (Fsp3) is 0.250. The van der Waals surface area contributed by atoms with Gasteiger partial charge in [-0.15, -0.1) is 0 Å². The third-order valence-corrected chi connectivity index (χ3v) is 0.542. The van der Waals surface area contributed by atoms with E-state index in [1.54, 1.807) is 26.0 Å². The Bertz CT molecular complexity index is 107. The van der Waals surface area contributed by atoms with Crippen molar-refractivity contribution in [2.75, 3.05) is 0 Å². The maximum absolute atomic E-state index is 9.32. The van der Waals surface area contributed by atoms with Crippen LogP contribution in [0, 0.1) is 0 Å². The maximum atomic E-state index is 9.32. The Morgan fingerprint density at radius 2 is 1.10 bits per heavy atom. The van der Waals surface area contributed by atoms with Crippen molar-refractivity contribution in [3.8, 4) is 0 Å². The fourth-order valence-electron chi connectivity index (χ4n) is 0.157. The summed E-state index contributed by atoms with van der Waals surface area (Å²) in [6.07, 6.45) is 7.76. The smallest absolute Gasteiger partial charge is 0.142 e. The minimum Gasteiger partial charge on any atom is -0.299 e. The molecule has 0 aliphatic carbocycles. The third-order valence-electron chi connectivity index (χ3n) is 0.542. The quantitative estimate of drug-likeness (QED) is 0.430. The van der Waals surface area contributed by atoms with Gasteiger partial charge in [-0.2, -0.15) is 0 Å². The zero-order valence-electron chi connectivity index (χ0n) is 6.28. The van der Waals surface area contributed by atoms with Gasteiger partial charge in [-0.1, -0.05) is 12.2 Å². The molecule has 0 bridgehead atoms. The zero-order chi connectivity index (χ0) is 8.24. The van der Waals surface area contributed by atoms with E-state index < -0.39 is 0 Å². The Labute approximate surface area is 61.2 Å². The molecule has 0 aliphatic rings. The molecule has 0 fully saturated rings. The number of allylic oxidation sites excluding steroid dienone is 4. The summed E-state index contributed by atoms with van der Waals surface area (Å²) in [6.45, 7) is 3.60. The highest BCUT2D eigenvalue weighted by atomic mass is 16.1. The first-order valence-corrected chi connectivity index (χ1v) is 2.96. The van der Waals surface area contributed by atoms with E-state index in [9.17, 15) is 9.59 Å². The minimum atomic E-state index is 0.750. The predicted octanol–water partition coefficient (Wildman–Crippen LogP) is 1.52. The molecule has 0 radical (unpaired) electrons. The molecule has 0 rings (SSSR count). The van der Waals surface area contributed by atoms with Gasteiger partial charge < -0.3 is 0 Å². The third kappa shape index (κ3) is 29.0. The van der Waals surface area contributed by atoms with Crippen LogP contribution in [0.1, 0.15) is 13.8 Å². The highest BCUT2D eigenvalue weighted by Gasteiger charge is 1.48. The van der Waals surface area contributed by atoms with Gasteiger partial charge >= 0.3 is 0 Å². The molecule has 56 valence electrons. The van der Waals surface area contributed by atoms with Crippen LogP contribution in [-0.2, 0) is 9.59 Å². The number of hydrogen-bond donors (Lipinski definition) is 0. The number of rotatable bonds is 2. The van der Waals surface area contributed by atoms with E-state index in [1.807, 2.05) is 0 Å². The first-order valence-electron chi connectivity index (χ1n) is 2.96. The van der Waals surface area contributed by atoms with Crippen molar-refractivity contribution in [1.82, 2.24) is 0 Å². The summed E-state index contributed by atoms with van der Waals surface area (Å²) in [5.41, 5.74) is 0. The lowest BCUT2D eigenvalue weighted by Crippen LogP contribution is -1.50. The van der Waals surface area contributed by atoms with Crippen molar-refractivity contribution >= 4 is 12.6 Å². The van der Waals surface area contributed by atoms with E-state index in [-0.39, 0.29) is 0 Å². The van der Waals surface area contributed by atoms with E-state index in [1.165, 1.54) is 12.2 Å². The molecule has 0 amide bonds. The molecule has 0 aromatic carbocycles. The molecule has 2 heteroatoms. The average Bonchev–Trinajstić information content (AvgIpc) is 1.93. The molecule has 10 heavy (non-hydrogen) atoms. The highest BCUT2D eigenvalue weighted by Crippen LogP contribution is 1.55. The molecule has 0 unspecified atom stereocenters. The number of aldehydes is 2. The lowest BCUT2D eigenvalue weighted by Gasteiger charge is -1.51. The maximum Gasteiger partial charge on any atom is 0.142 e. The van der Waals surface area contributed by atoms with Crippen molar-refractivity contribution in [3.05, 3.63) is 24.3 Å². The molecule has 0 spiro atoms. The second-order valence-corrected chi connectivity index (χ2v) is 1.32. The highest BCUT2D eigenvalue weighted by molar-refractivity contribution is 5.64. The van der Waals surface area contributed by atoms with Crippen molar-refractivity contribution < 1.29 is 9.59 Å². The van der Waals surface area contributed by atoms with E-state index in [4.69, 9.17) is 0 Å². The summed E-state index contributed by atoms with van der Waals surface area (Å²) in [5.74, 6) is 0. The van der Waals surface area contributed by atoms with E-state index in [2.05, 4.69) is 0 Å². The topological polar surface area (TPSA) is 34.1 Å². The van der Waals surface area contributed by atoms with Gasteiger partial charge in [0, 0.05) is 0 Å². The van der Waals surface area contributed by atoms with Crippen LogP contribution >= 0.6 is 0 Å². The molecule has 0 atom stereocenters. The largest absolute Gasteiger partial charge is 0.299 e. The van der Waals surface area contributed by atoms with E-state index in [0.717, 1.165) is 12.6 Å². The Balaban J connectivity index is 0. The first kappa shape index (κ1) is 11.6. The summed E-state index contributed by atoms with van der Waals surface area (Å²) in [6, 6.07) is 0. The summed E-state index contributed by atoms with van der Waals surface area (Å²) < 4.78 is 0. The van der Waals surface area contributed by atoms with Gasteiger partial charge in [0.1, 0.15) is 12.6 Å². The summed E-state index contributed by atoms with van der Waals surface area (Å²) >= 11 is 0. The number of carbonyl (C=O) groups excluding carboxylic acids is 2. The van der Waals surface area contributed by atoms with Crippen LogP contribution in [0.15, 0.2) is 24.3 Å². The number of carbonyl (C=O) groups is 2. The van der Waals surface area contributed by atoms with Crippen LogP contribution in [0.25, 0.3) is 0 Å². The van der Waals surface area contributed by atoms with Crippen LogP contribution in [0.3, 0.4) is 0 Å². The summed E-state index contributed by atoms with van der Waals surface area (Å²) in [7, 11) is 0. The van der Waals surface area contributed by atoms with Gasteiger partial charge in [0.25, 0.3) is 0 Å². The van der Waals surface area contributed by atoms with Crippen molar-refractivity contribution in [1.29, 1.82) is 0 Å². The van der Waals surface area contributed by atoms with Gasteiger partial charge in [0.05, 0.1) is 0 Å². The molecule has 0 N–H and O–H groups in total. The number of hydrogen-bond acceptors (Lipinski definition) is 2. The van der Waals surface area contributed by atoms with Crippen LogP contribution in [0.5, 0.6) is 0 Å². The lowest BCUT2D eigenvalue weighted by atomic mass is 10.6. The zero-order valence-corrected chi connectivity index (χ0v) is 6.28. The molecular formula is C8H12O2. The Hall–Kier alpha value is -1.18. The fourth-order valence-corrected chi connectivity index (χ4v) is 0.157. The van der Waals surface area contributed by atoms with Gasteiger partial charge in [-0.25, -0.2) is 0 Å². The van der Waals surface area contributed by atoms with Gasteiger partial charge in [0.15, 0.2) is 0 Å². The first-order chi connectivity index (χ1) is 4.83. The molecule has 0 aromatic rings. The molecule has 0 heterocycles.